The smallest absolute Gasteiger partial charge is 0.0645 e. The molecule has 2 heteroatoms. The van der Waals surface area contributed by atoms with Crippen molar-refractivity contribution < 1.29 is 16.4 Å². The van der Waals surface area contributed by atoms with Gasteiger partial charge in [0.05, 0.1) is 38.5 Å². The summed E-state index contributed by atoms with van der Waals surface area (Å²) < 4.78 is 109. The maximum atomic E-state index is 9.12. The number of aromatic nitrogens is 2. The van der Waals surface area contributed by atoms with E-state index in [1.807, 2.05) is 0 Å². The number of para-hydroxylation sites is 4. The average Bonchev–Trinajstić information content (AvgIpc) is 3.55. The monoisotopic (exact) mass is 496 g/mol. The molecule has 2 nitrogen and oxygen atoms in total. The summed E-state index contributed by atoms with van der Waals surface area (Å²) in [4.78, 5) is 0. The van der Waals surface area contributed by atoms with Gasteiger partial charge < -0.3 is 9.13 Å². The quantitative estimate of drug-likeness (QED) is 0.230. The molecular weight excluding hydrogens is 460 g/mol. The van der Waals surface area contributed by atoms with Crippen LogP contribution in [0.15, 0.2) is 145 Å². The lowest BCUT2D eigenvalue weighted by atomic mass is 10.0. The molecule has 8 aromatic rings. The third kappa shape index (κ3) is 3.07. The molecule has 0 unspecified atom stereocenters. The van der Waals surface area contributed by atoms with E-state index < -0.39 is 48.3 Å². The Morgan fingerprint density at radius 3 is 0.947 bits per heavy atom. The maximum absolute atomic E-state index is 9.12. The highest BCUT2D eigenvalue weighted by Gasteiger charge is 2.13. The first-order valence-electron chi connectivity index (χ1n) is 18.0. The van der Waals surface area contributed by atoms with Crippen LogP contribution in [0.4, 0.5) is 0 Å². The highest BCUT2D eigenvalue weighted by Crippen LogP contribution is 2.34. The summed E-state index contributed by atoms with van der Waals surface area (Å²) in [7, 11) is 0. The fraction of sp³-hybridized carbons (Fsp3) is 0. The van der Waals surface area contributed by atoms with Gasteiger partial charge in [0.1, 0.15) is 0 Å². The summed E-state index contributed by atoms with van der Waals surface area (Å²) >= 11 is 0. The van der Waals surface area contributed by atoms with Crippen molar-refractivity contribution in [2.45, 2.75) is 0 Å². The van der Waals surface area contributed by atoms with Crippen LogP contribution < -0.4 is 0 Å². The predicted octanol–water partition coefficient (Wildman–Crippen LogP) is 9.55. The number of benzene rings is 6. The number of hydrogen-bond donors (Lipinski definition) is 0. The summed E-state index contributed by atoms with van der Waals surface area (Å²) in [5.74, 6) is 0. The van der Waals surface area contributed by atoms with Gasteiger partial charge in [-0.1, -0.05) is 96.9 Å². The van der Waals surface area contributed by atoms with Crippen LogP contribution in [-0.2, 0) is 0 Å². The van der Waals surface area contributed by atoms with Crippen LogP contribution in [0.1, 0.15) is 16.4 Å². The lowest BCUT2D eigenvalue weighted by Crippen LogP contribution is -1.94. The Morgan fingerprint density at radius 1 is 0.368 bits per heavy atom. The van der Waals surface area contributed by atoms with Gasteiger partial charge in [0.25, 0.3) is 0 Å². The van der Waals surface area contributed by atoms with E-state index in [2.05, 4.69) is 0 Å². The zero-order valence-electron chi connectivity index (χ0n) is 31.8. The summed E-state index contributed by atoms with van der Waals surface area (Å²) in [5.41, 5.74) is 1.06. The van der Waals surface area contributed by atoms with Crippen LogP contribution in [-0.4, -0.2) is 9.13 Å². The summed E-state index contributed by atoms with van der Waals surface area (Å²) in [6, 6.07) is 16.0. The van der Waals surface area contributed by atoms with Gasteiger partial charge in [0.2, 0.25) is 0 Å². The van der Waals surface area contributed by atoms with Gasteiger partial charge in [-0.2, -0.15) is 0 Å². The minimum atomic E-state index is -0.554. The zero-order valence-corrected chi connectivity index (χ0v) is 19.8. The molecule has 38 heavy (non-hydrogen) atoms. The van der Waals surface area contributed by atoms with Crippen LogP contribution >= 0.6 is 0 Å². The Kier molecular flexibility index (Phi) is 2.69. The maximum Gasteiger partial charge on any atom is 0.0645 e. The van der Waals surface area contributed by atoms with Gasteiger partial charge >= 0.3 is 0 Å². The molecular formula is C36H24N2. The second-order valence-corrected chi connectivity index (χ2v) is 8.89. The molecule has 0 bridgehead atoms. The minimum Gasteiger partial charge on any atom is -0.309 e. The Bertz CT molecular complexity index is 2430. The molecule has 2 heterocycles. The van der Waals surface area contributed by atoms with Crippen molar-refractivity contribution in [3.05, 3.63) is 145 Å². The minimum absolute atomic E-state index is 0.0982. The van der Waals surface area contributed by atoms with Crippen molar-refractivity contribution in [2.75, 3.05) is 0 Å². The van der Waals surface area contributed by atoms with Gasteiger partial charge in [0.15, 0.2) is 0 Å². The van der Waals surface area contributed by atoms with Crippen LogP contribution in [0.2, 0.25) is 0 Å². The van der Waals surface area contributed by atoms with Gasteiger partial charge in [-0.3, -0.25) is 0 Å². The van der Waals surface area contributed by atoms with Gasteiger partial charge in [0, 0.05) is 32.9 Å². The fourth-order valence-electron chi connectivity index (χ4n) is 5.16. The summed E-state index contributed by atoms with van der Waals surface area (Å²) in [6.07, 6.45) is 0. The SMILES string of the molecule is [2H]c1ccc2c(c1)c1cc([2H])ccc1n2-c1c([2H])c([2H])c(-c2c([2H])c([2H])c(-n3c4ccc([2H])cc4c4cc([2H])ccc43)c([2H])c2[2H])c([2H])c1[2H]. The fourth-order valence-corrected chi connectivity index (χ4v) is 5.16. The Morgan fingerprint density at radius 2 is 0.658 bits per heavy atom. The number of hydrogen-bond acceptors (Lipinski definition) is 0. The molecule has 6 aromatic carbocycles. The van der Waals surface area contributed by atoms with E-state index in [1.54, 1.807) is 81.9 Å². The number of fused-ring (bicyclic) bond motifs is 6. The molecule has 0 atom stereocenters. The van der Waals surface area contributed by atoms with Crippen molar-refractivity contribution in [3.63, 3.8) is 0 Å². The van der Waals surface area contributed by atoms with E-state index in [9.17, 15) is 0 Å². The standard InChI is InChI=1S/C36H24N2/c1-5-13-33-29(9-1)30-10-2-6-14-34(30)37(33)27-21-17-25(18-22-27)26-19-23-28(24-20-26)38-35-15-7-3-11-31(35)32-12-4-8-16-36(32)38/h1-24H/i1D,2D,3D,4D,17D,18D,19D,20D,21D,22D,23D,24D. The van der Waals surface area contributed by atoms with Crippen LogP contribution in [0.25, 0.3) is 66.1 Å². The second kappa shape index (κ2) is 8.22. The molecule has 0 saturated carbocycles. The lowest BCUT2D eigenvalue weighted by Gasteiger charge is -2.11. The molecule has 0 N–H and O–H groups in total. The normalized spacial score (nSPS) is 16.1. The highest BCUT2D eigenvalue weighted by molar-refractivity contribution is 6.10. The first kappa shape index (κ1) is 12.4. The molecule has 0 aliphatic rings. The van der Waals surface area contributed by atoms with Crippen molar-refractivity contribution >= 4 is 43.6 Å². The van der Waals surface area contributed by atoms with Gasteiger partial charge in [-0.05, 0) is 59.6 Å². The molecule has 0 aliphatic carbocycles. The van der Waals surface area contributed by atoms with Gasteiger partial charge in [-0.15, -0.1) is 0 Å². The molecule has 0 saturated heterocycles. The summed E-state index contributed by atoms with van der Waals surface area (Å²) in [5, 5.41) is 2.39. The van der Waals surface area contributed by atoms with Crippen LogP contribution in [0.3, 0.4) is 0 Å². The predicted molar refractivity (Wildman–Crippen MR) is 161 cm³/mol. The number of rotatable bonds is 3. The van der Waals surface area contributed by atoms with E-state index in [-0.39, 0.29) is 46.7 Å². The van der Waals surface area contributed by atoms with Crippen molar-refractivity contribution in [1.82, 2.24) is 9.13 Å². The van der Waals surface area contributed by atoms with E-state index >= 15 is 0 Å². The highest BCUT2D eigenvalue weighted by atomic mass is 15.0. The topological polar surface area (TPSA) is 9.86 Å². The van der Waals surface area contributed by atoms with Crippen LogP contribution in [0, 0.1) is 0 Å². The average molecular weight is 497 g/mol. The zero-order chi connectivity index (χ0) is 35.5. The van der Waals surface area contributed by atoms with E-state index in [0.29, 0.717) is 43.6 Å². The molecule has 0 radical (unpaired) electrons. The van der Waals surface area contributed by atoms with E-state index in [1.165, 1.54) is 0 Å². The molecule has 8 rings (SSSR count). The summed E-state index contributed by atoms with van der Waals surface area (Å²) in [6.45, 7) is 0. The van der Waals surface area contributed by atoms with E-state index in [4.69, 9.17) is 16.4 Å². The largest absolute Gasteiger partial charge is 0.309 e. The number of nitrogens with zero attached hydrogens (tertiary/aromatic N) is 2. The first-order chi connectivity index (χ1) is 23.8. The third-order valence-electron chi connectivity index (χ3n) is 6.83. The molecule has 0 fully saturated rings. The lowest BCUT2D eigenvalue weighted by molar-refractivity contribution is 1.18. The molecule has 178 valence electrons. The Labute approximate surface area is 237 Å². The second-order valence-electron chi connectivity index (χ2n) is 8.89. The van der Waals surface area contributed by atoms with Crippen molar-refractivity contribution in [1.29, 1.82) is 0 Å². The van der Waals surface area contributed by atoms with Crippen molar-refractivity contribution in [2.24, 2.45) is 0 Å². The third-order valence-corrected chi connectivity index (χ3v) is 6.83. The molecule has 0 aliphatic heterocycles. The molecule has 2 aromatic heterocycles. The van der Waals surface area contributed by atoms with Crippen LogP contribution in [0.5, 0.6) is 0 Å². The first-order valence-corrected chi connectivity index (χ1v) is 12.0. The molecule has 0 amide bonds. The van der Waals surface area contributed by atoms with Gasteiger partial charge in [-0.25, -0.2) is 0 Å². The molecule has 0 spiro atoms. The van der Waals surface area contributed by atoms with Crippen molar-refractivity contribution in [3.8, 4) is 22.5 Å². The Balaban J connectivity index is 1.41. The Hall–Kier alpha value is -5.08. The van der Waals surface area contributed by atoms with E-state index in [0.717, 1.165) is 0 Å².